The molecule has 116 valence electrons. The smallest absolute Gasteiger partial charge is 0.251 e. The molecule has 1 unspecified atom stereocenters. The Labute approximate surface area is 131 Å². The van der Waals surface area contributed by atoms with Gasteiger partial charge in [-0.2, -0.15) is 0 Å². The van der Waals surface area contributed by atoms with E-state index in [1.165, 1.54) is 0 Å². The maximum absolute atomic E-state index is 12.3. The number of carbonyl (C=O) groups excluding carboxylic acids is 1. The van der Waals surface area contributed by atoms with Crippen molar-refractivity contribution in [2.24, 2.45) is 0 Å². The second-order valence-corrected chi connectivity index (χ2v) is 4.91. The van der Waals surface area contributed by atoms with Gasteiger partial charge in [-0.3, -0.25) is 4.79 Å². The van der Waals surface area contributed by atoms with Crippen molar-refractivity contribution in [2.75, 3.05) is 14.2 Å². The van der Waals surface area contributed by atoms with Gasteiger partial charge in [0.25, 0.3) is 5.91 Å². The molecule has 2 rings (SSSR count). The van der Waals surface area contributed by atoms with Crippen LogP contribution in [0.25, 0.3) is 0 Å². The van der Waals surface area contributed by atoms with Gasteiger partial charge in [-0.1, -0.05) is 31.2 Å². The molecule has 2 aromatic rings. The lowest BCUT2D eigenvalue weighted by atomic mass is 10.0. The van der Waals surface area contributed by atoms with Gasteiger partial charge in [0.2, 0.25) is 0 Å². The molecule has 0 fully saturated rings. The zero-order valence-electron chi connectivity index (χ0n) is 13.1. The molecule has 0 aliphatic carbocycles. The predicted octanol–water partition coefficient (Wildman–Crippen LogP) is 3.58. The molecular weight excluding hydrogens is 278 g/mol. The predicted molar refractivity (Wildman–Crippen MR) is 86.5 cm³/mol. The number of nitrogens with one attached hydrogen (secondary N) is 1. The average molecular weight is 299 g/mol. The van der Waals surface area contributed by atoms with Crippen molar-refractivity contribution in [3.05, 3.63) is 59.7 Å². The van der Waals surface area contributed by atoms with Crippen LogP contribution in [0.15, 0.2) is 48.5 Å². The van der Waals surface area contributed by atoms with Crippen molar-refractivity contribution >= 4 is 5.91 Å². The van der Waals surface area contributed by atoms with E-state index in [1.807, 2.05) is 43.3 Å². The van der Waals surface area contributed by atoms with Crippen molar-refractivity contribution in [1.29, 1.82) is 0 Å². The molecule has 1 amide bonds. The van der Waals surface area contributed by atoms with Gasteiger partial charge in [0.05, 0.1) is 20.3 Å². The first-order valence-electron chi connectivity index (χ1n) is 7.27. The van der Waals surface area contributed by atoms with Crippen LogP contribution in [0.1, 0.15) is 35.3 Å². The summed E-state index contributed by atoms with van der Waals surface area (Å²) in [6, 6.07) is 14.8. The molecule has 0 heterocycles. The molecule has 0 radical (unpaired) electrons. The number of amides is 1. The SMILES string of the molecule is CCC(NC(=O)c1ccccc1)c1ccc(OC)c(OC)c1. The number of methoxy groups -OCH3 is 2. The Morgan fingerprint density at radius 3 is 2.32 bits per heavy atom. The van der Waals surface area contributed by atoms with Gasteiger partial charge in [-0.25, -0.2) is 0 Å². The lowest BCUT2D eigenvalue weighted by molar-refractivity contribution is 0.0935. The van der Waals surface area contributed by atoms with E-state index < -0.39 is 0 Å². The van der Waals surface area contributed by atoms with Crippen LogP contribution in [0.5, 0.6) is 11.5 Å². The van der Waals surface area contributed by atoms with Crippen molar-refractivity contribution < 1.29 is 14.3 Å². The van der Waals surface area contributed by atoms with Crippen LogP contribution in [0, 0.1) is 0 Å². The van der Waals surface area contributed by atoms with Gasteiger partial charge in [-0.15, -0.1) is 0 Å². The van der Waals surface area contributed by atoms with E-state index in [2.05, 4.69) is 5.32 Å². The summed E-state index contributed by atoms with van der Waals surface area (Å²) in [7, 11) is 3.21. The molecule has 1 atom stereocenters. The number of carbonyl (C=O) groups is 1. The highest BCUT2D eigenvalue weighted by Gasteiger charge is 2.16. The number of rotatable bonds is 6. The molecule has 1 N–H and O–H groups in total. The molecule has 0 saturated heterocycles. The van der Waals surface area contributed by atoms with Crippen LogP contribution in [0.4, 0.5) is 0 Å². The van der Waals surface area contributed by atoms with Crippen LogP contribution < -0.4 is 14.8 Å². The highest BCUT2D eigenvalue weighted by atomic mass is 16.5. The highest BCUT2D eigenvalue weighted by molar-refractivity contribution is 5.94. The van der Waals surface area contributed by atoms with Crippen molar-refractivity contribution in [2.45, 2.75) is 19.4 Å². The van der Waals surface area contributed by atoms with Crippen LogP contribution in [0.2, 0.25) is 0 Å². The Kier molecular flexibility index (Phi) is 5.42. The molecule has 0 saturated carbocycles. The summed E-state index contributed by atoms with van der Waals surface area (Å²) in [6.45, 7) is 2.03. The van der Waals surface area contributed by atoms with Crippen LogP contribution in [-0.4, -0.2) is 20.1 Å². The van der Waals surface area contributed by atoms with Gasteiger partial charge >= 0.3 is 0 Å². The largest absolute Gasteiger partial charge is 0.493 e. The minimum atomic E-state index is -0.0813. The molecule has 4 heteroatoms. The van der Waals surface area contributed by atoms with Crippen LogP contribution in [0.3, 0.4) is 0 Å². The Balaban J connectivity index is 2.20. The number of ether oxygens (including phenoxy) is 2. The second-order valence-electron chi connectivity index (χ2n) is 4.91. The van der Waals surface area contributed by atoms with Gasteiger partial charge in [-0.05, 0) is 36.2 Å². The number of hydrogen-bond acceptors (Lipinski definition) is 3. The third kappa shape index (κ3) is 3.58. The molecule has 4 nitrogen and oxygen atoms in total. The molecule has 0 aromatic heterocycles. The third-order valence-electron chi connectivity index (χ3n) is 3.56. The van der Waals surface area contributed by atoms with Gasteiger partial charge < -0.3 is 14.8 Å². The van der Waals surface area contributed by atoms with Crippen molar-refractivity contribution in [3.8, 4) is 11.5 Å². The zero-order chi connectivity index (χ0) is 15.9. The quantitative estimate of drug-likeness (QED) is 0.887. The van der Waals surface area contributed by atoms with Crippen LogP contribution in [-0.2, 0) is 0 Å². The molecule has 0 spiro atoms. The maximum atomic E-state index is 12.3. The van der Waals surface area contributed by atoms with Crippen molar-refractivity contribution in [3.63, 3.8) is 0 Å². The minimum absolute atomic E-state index is 0.0764. The second kappa shape index (κ2) is 7.50. The Morgan fingerprint density at radius 1 is 1.05 bits per heavy atom. The topological polar surface area (TPSA) is 47.6 Å². The monoisotopic (exact) mass is 299 g/mol. The molecular formula is C18H21NO3. The first-order valence-corrected chi connectivity index (χ1v) is 7.27. The molecule has 22 heavy (non-hydrogen) atoms. The third-order valence-corrected chi connectivity index (χ3v) is 3.56. The summed E-state index contributed by atoms with van der Waals surface area (Å²) in [5, 5.41) is 3.05. The Hall–Kier alpha value is -2.49. The van der Waals surface area contributed by atoms with E-state index in [0.29, 0.717) is 17.1 Å². The summed E-state index contributed by atoms with van der Waals surface area (Å²) in [5.74, 6) is 1.25. The lowest BCUT2D eigenvalue weighted by Gasteiger charge is -2.19. The van der Waals surface area contributed by atoms with Crippen molar-refractivity contribution in [1.82, 2.24) is 5.32 Å². The first-order chi connectivity index (χ1) is 10.7. The minimum Gasteiger partial charge on any atom is -0.493 e. The molecule has 0 aliphatic rings. The van der Waals surface area contributed by atoms with E-state index >= 15 is 0 Å². The Bertz CT molecular complexity index is 625. The zero-order valence-corrected chi connectivity index (χ0v) is 13.1. The summed E-state index contributed by atoms with van der Waals surface area (Å²) in [4.78, 5) is 12.3. The number of hydrogen-bond donors (Lipinski definition) is 1. The summed E-state index contributed by atoms with van der Waals surface area (Å²) < 4.78 is 10.6. The van der Waals surface area contributed by atoms with E-state index in [0.717, 1.165) is 12.0 Å². The molecule has 2 aromatic carbocycles. The van der Waals surface area contributed by atoms with E-state index in [4.69, 9.17) is 9.47 Å². The van der Waals surface area contributed by atoms with Gasteiger partial charge in [0, 0.05) is 5.56 Å². The fraction of sp³-hybridized carbons (Fsp3) is 0.278. The highest BCUT2D eigenvalue weighted by Crippen LogP contribution is 2.30. The number of benzene rings is 2. The van der Waals surface area contributed by atoms with E-state index in [9.17, 15) is 4.79 Å². The summed E-state index contributed by atoms with van der Waals surface area (Å²) in [5.41, 5.74) is 1.64. The normalized spacial score (nSPS) is 11.6. The van der Waals surface area contributed by atoms with Gasteiger partial charge in [0.15, 0.2) is 11.5 Å². The maximum Gasteiger partial charge on any atom is 0.251 e. The molecule has 0 aliphatic heterocycles. The standard InChI is InChI=1S/C18H21NO3/c1-4-15(19-18(20)13-8-6-5-7-9-13)14-10-11-16(21-2)17(12-14)22-3/h5-12,15H,4H2,1-3H3,(H,19,20). The lowest BCUT2D eigenvalue weighted by Crippen LogP contribution is -2.28. The Morgan fingerprint density at radius 2 is 1.73 bits per heavy atom. The first kappa shape index (κ1) is 15.9. The average Bonchev–Trinajstić information content (AvgIpc) is 2.59. The van der Waals surface area contributed by atoms with E-state index in [1.54, 1.807) is 26.4 Å². The summed E-state index contributed by atoms with van der Waals surface area (Å²) in [6.07, 6.45) is 0.786. The van der Waals surface area contributed by atoms with Crippen LogP contribution >= 0.6 is 0 Å². The summed E-state index contributed by atoms with van der Waals surface area (Å²) >= 11 is 0. The molecule has 0 bridgehead atoms. The fourth-order valence-electron chi connectivity index (χ4n) is 2.32. The van der Waals surface area contributed by atoms with E-state index in [-0.39, 0.29) is 11.9 Å². The fourth-order valence-corrected chi connectivity index (χ4v) is 2.32. The van der Waals surface area contributed by atoms with Gasteiger partial charge in [0.1, 0.15) is 0 Å².